The quantitative estimate of drug-likeness (QED) is 0.114. The molecule has 3 unspecified atom stereocenters. The van der Waals surface area contributed by atoms with Crippen LogP contribution in [0.25, 0.3) is 0 Å². The molecule has 2 heterocycles. The summed E-state index contributed by atoms with van der Waals surface area (Å²) in [5.74, 6) is -3.41. The van der Waals surface area contributed by atoms with Gasteiger partial charge in [0.1, 0.15) is 11.1 Å². The summed E-state index contributed by atoms with van der Waals surface area (Å²) in [6, 6.07) is 5.78. The second-order valence-corrected chi connectivity index (χ2v) is 20.2. The lowest BCUT2D eigenvalue weighted by Crippen LogP contribution is -2.65. The summed E-state index contributed by atoms with van der Waals surface area (Å²) in [5, 5.41) is 26.8. The van der Waals surface area contributed by atoms with Crippen LogP contribution in [-0.2, 0) is 19.2 Å². The molecule has 2 saturated carbocycles. The number of urea groups is 2. The summed E-state index contributed by atoms with van der Waals surface area (Å²) in [7, 11) is 0. The van der Waals surface area contributed by atoms with E-state index in [1.54, 1.807) is 6.92 Å². The van der Waals surface area contributed by atoms with Gasteiger partial charge in [-0.25, -0.2) is 19.4 Å². The molecule has 356 valence electrons. The third-order valence-electron chi connectivity index (χ3n) is 14.4. The van der Waals surface area contributed by atoms with Crippen LogP contribution in [-0.4, -0.2) is 114 Å². The molecule has 2 saturated heterocycles. The van der Waals surface area contributed by atoms with E-state index in [1.165, 1.54) is 9.80 Å². The number of aliphatic hydroxyl groups excluding tert-OH is 2. The first kappa shape index (κ1) is 49.6. The predicted octanol–water partition coefficient (Wildman–Crippen LogP) is 8.58. The molecule has 65 heavy (non-hydrogen) atoms. The van der Waals surface area contributed by atoms with Crippen LogP contribution in [0.4, 0.5) is 21.0 Å². The second-order valence-electron chi connectivity index (χ2n) is 20.2. The highest BCUT2D eigenvalue weighted by Crippen LogP contribution is 2.46. The maximum Gasteiger partial charge on any atom is 0.328 e. The first-order valence-electron chi connectivity index (χ1n) is 24.3. The molecule has 14 nitrogen and oxygen atoms in total. The minimum Gasteiger partial charge on any atom is -0.396 e. The SMILES string of the molecule is CC(O)CCN1C(=O)N(C(C(=O)Nc2c(C(C)C)cccc2C(C)C)C(C(=O)Nc2c(C(C)C)cccc2C(C)C)N2C(=O)N(CCCO)C3(CCCCC3)C2=O)C(=O)C12CCCCC2. The van der Waals surface area contributed by atoms with Crippen molar-refractivity contribution in [2.24, 2.45) is 0 Å². The monoisotopic (exact) mass is 899 g/mol. The molecule has 2 aliphatic heterocycles. The first-order valence-corrected chi connectivity index (χ1v) is 24.3. The van der Waals surface area contributed by atoms with E-state index in [9.17, 15) is 10.2 Å². The van der Waals surface area contributed by atoms with Gasteiger partial charge in [-0.3, -0.25) is 19.2 Å². The Labute approximate surface area is 385 Å². The van der Waals surface area contributed by atoms with Gasteiger partial charge in [-0.2, -0.15) is 0 Å². The Morgan fingerprint density at radius 3 is 1.22 bits per heavy atom. The number of para-hydroxylation sites is 2. The van der Waals surface area contributed by atoms with Crippen molar-refractivity contribution in [3.63, 3.8) is 0 Å². The number of carbonyl (C=O) groups is 6. The summed E-state index contributed by atoms with van der Waals surface area (Å²) in [5.41, 5.74) is 1.41. The van der Waals surface area contributed by atoms with Crippen molar-refractivity contribution in [1.29, 1.82) is 0 Å². The third kappa shape index (κ3) is 9.31. The molecule has 4 N–H and O–H groups in total. The van der Waals surface area contributed by atoms with Crippen LogP contribution in [0.2, 0.25) is 0 Å². The normalized spacial score (nSPS) is 20.0. The highest BCUT2D eigenvalue weighted by Gasteiger charge is 2.66. The number of rotatable bonds is 17. The van der Waals surface area contributed by atoms with Crippen molar-refractivity contribution in [1.82, 2.24) is 19.6 Å². The molecule has 2 aromatic rings. The Hall–Kier alpha value is -4.82. The summed E-state index contributed by atoms with van der Waals surface area (Å²) in [6.07, 6.45) is 4.98. The van der Waals surface area contributed by atoms with Crippen LogP contribution in [0.3, 0.4) is 0 Å². The van der Waals surface area contributed by atoms with E-state index >= 15 is 28.8 Å². The Bertz CT molecular complexity index is 2050. The molecule has 8 amide bonds. The van der Waals surface area contributed by atoms with Gasteiger partial charge in [-0.1, -0.05) is 130 Å². The van der Waals surface area contributed by atoms with Gasteiger partial charge in [0.2, 0.25) is 11.8 Å². The fourth-order valence-corrected chi connectivity index (χ4v) is 11.0. The van der Waals surface area contributed by atoms with Crippen molar-refractivity contribution in [3.8, 4) is 0 Å². The van der Waals surface area contributed by atoms with E-state index in [0.717, 1.165) is 44.9 Å². The molecule has 0 radical (unpaired) electrons. The summed E-state index contributed by atoms with van der Waals surface area (Å²) >= 11 is 0. The van der Waals surface area contributed by atoms with E-state index in [2.05, 4.69) is 10.6 Å². The van der Waals surface area contributed by atoms with Crippen LogP contribution < -0.4 is 10.6 Å². The predicted molar refractivity (Wildman–Crippen MR) is 252 cm³/mol. The van der Waals surface area contributed by atoms with Crippen molar-refractivity contribution in [2.75, 3.05) is 30.3 Å². The average Bonchev–Trinajstić information content (AvgIpc) is 3.57. The fourth-order valence-electron chi connectivity index (χ4n) is 11.0. The molecule has 0 bridgehead atoms. The number of imide groups is 2. The second kappa shape index (κ2) is 20.4. The number of amides is 8. The Morgan fingerprint density at radius 1 is 0.569 bits per heavy atom. The molecule has 3 atom stereocenters. The highest BCUT2D eigenvalue weighted by molar-refractivity contribution is 6.17. The minimum atomic E-state index is -2.02. The van der Waals surface area contributed by atoms with Gasteiger partial charge < -0.3 is 30.6 Å². The standard InChI is InChI=1S/C51H74N6O8/c1-31(2)36-19-16-20-37(32(3)4)40(36)52-44(60)42(56-46(62)50(24-12-10-13-25-50)54(48(56)64)28-18-30-58)43(45(61)53-41-38(33(5)6)21-17-22-39(41)34(7)8)57-47(63)51(26-14-11-15-27-51)55(49(57)65)29-23-35(9)59/h16-17,19-22,31-35,42-43,58-59H,10-15,18,23-30H2,1-9H3,(H,52,60)(H,53,61). The maximum absolute atomic E-state index is 15.9. The Kier molecular flexibility index (Phi) is 15.5. The Balaban J connectivity index is 1.65. The van der Waals surface area contributed by atoms with Gasteiger partial charge in [-0.15, -0.1) is 0 Å². The molecule has 2 spiro atoms. The van der Waals surface area contributed by atoms with E-state index in [-0.39, 0.29) is 56.2 Å². The van der Waals surface area contributed by atoms with Gasteiger partial charge in [0.25, 0.3) is 11.8 Å². The molecule has 2 aliphatic carbocycles. The summed E-state index contributed by atoms with van der Waals surface area (Å²) in [4.78, 5) is 98.5. The average molecular weight is 899 g/mol. The highest BCUT2D eigenvalue weighted by atomic mass is 16.3. The molecule has 2 aromatic carbocycles. The minimum absolute atomic E-state index is 0.0107. The van der Waals surface area contributed by atoms with Crippen molar-refractivity contribution in [3.05, 3.63) is 58.7 Å². The van der Waals surface area contributed by atoms with E-state index < -0.39 is 65.0 Å². The Morgan fingerprint density at radius 2 is 0.908 bits per heavy atom. The topological polar surface area (TPSA) is 180 Å². The smallest absolute Gasteiger partial charge is 0.328 e. The first-order chi connectivity index (χ1) is 30.8. The molecule has 4 fully saturated rings. The van der Waals surface area contributed by atoms with Crippen LogP contribution >= 0.6 is 0 Å². The molecular weight excluding hydrogens is 825 g/mol. The van der Waals surface area contributed by atoms with Gasteiger partial charge in [0, 0.05) is 31.1 Å². The molecule has 14 heteroatoms. The summed E-state index contributed by atoms with van der Waals surface area (Å²) < 4.78 is 0. The zero-order valence-electron chi connectivity index (χ0n) is 40.2. The molecular formula is C51H74N6O8. The van der Waals surface area contributed by atoms with E-state index in [4.69, 9.17) is 0 Å². The molecule has 4 aliphatic rings. The number of nitrogens with one attached hydrogen (secondary N) is 2. The largest absolute Gasteiger partial charge is 0.396 e. The van der Waals surface area contributed by atoms with Crippen molar-refractivity contribution >= 4 is 47.1 Å². The number of carbonyl (C=O) groups excluding carboxylic acids is 6. The van der Waals surface area contributed by atoms with Crippen molar-refractivity contribution < 1.29 is 39.0 Å². The lowest BCUT2D eigenvalue weighted by Gasteiger charge is -2.39. The zero-order chi connectivity index (χ0) is 47.5. The van der Waals surface area contributed by atoms with Crippen LogP contribution in [0.15, 0.2) is 36.4 Å². The molecule has 0 aromatic heterocycles. The van der Waals surface area contributed by atoms with Gasteiger partial charge >= 0.3 is 12.1 Å². The van der Waals surface area contributed by atoms with Crippen LogP contribution in [0.5, 0.6) is 0 Å². The maximum atomic E-state index is 15.9. The lowest BCUT2D eigenvalue weighted by molar-refractivity contribution is -0.147. The number of hydrogen-bond acceptors (Lipinski definition) is 8. The number of aliphatic hydroxyl groups is 2. The third-order valence-corrected chi connectivity index (χ3v) is 14.4. The van der Waals surface area contributed by atoms with Crippen molar-refractivity contribution in [2.45, 2.75) is 192 Å². The number of benzene rings is 2. The van der Waals surface area contributed by atoms with Gasteiger partial charge in [-0.05, 0) is 91.4 Å². The van der Waals surface area contributed by atoms with Gasteiger partial charge in [0.05, 0.1) is 6.10 Å². The van der Waals surface area contributed by atoms with E-state index in [1.807, 2.05) is 91.8 Å². The van der Waals surface area contributed by atoms with Gasteiger partial charge in [0.15, 0.2) is 12.1 Å². The molecule has 6 rings (SSSR count). The van der Waals surface area contributed by atoms with Crippen LogP contribution in [0, 0.1) is 0 Å². The van der Waals surface area contributed by atoms with E-state index in [0.29, 0.717) is 62.7 Å². The number of anilines is 2. The number of nitrogens with zero attached hydrogens (tertiary/aromatic N) is 4. The van der Waals surface area contributed by atoms with Crippen LogP contribution in [0.1, 0.15) is 185 Å². The summed E-state index contributed by atoms with van der Waals surface area (Å²) in [6.45, 7) is 17.3. The zero-order valence-corrected chi connectivity index (χ0v) is 40.2. The lowest BCUT2D eigenvalue weighted by atomic mass is 9.79. The fraction of sp³-hybridized carbons (Fsp3) is 0.647. The number of hydrogen-bond donors (Lipinski definition) is 4.